The summed E-state index contributed by atoms with van der Waals surface area (Å²) < 4.78 is 0. The topological polar surface area (TPSA) is 0 Å². The van der Waals surface area contributed by atoms with Gasteiger partial charge in [-0.05, 0) is 0 Å². The van der Waals surface area contributed by atoms with Crippen molar-refractivity contribution in [3.8, 4) is 0 Å². The summed E-state index contributed by atoms with van der Waals surface area (Å²) in [5.74, 6) is 5.16. The zero-order valence-electron chi connectivity index (χ0n) is 14.9. The van der Waals surface area contributed by atoms with Crippen LogP contribution >= 0.6 is 0 Å². The van der Waals surface area contributed by atoms with Crippen molar-refractivity contribution in [1.82, 2.24) is 0 Å². The fourth-order valence-electron chi connectivity index (χ4n) is 2.27. The Labute approximate surface area is 128 Å². The Morgan fingerprint density at radius 2 is 1.75 bits per heavy atom. The number of hydrogen-bond donors (Lipinski definition) is 0. The minimum absolute atomic E-state index is 0.256. The Morgan fingerprint density at radius 3 is 2.25 bits per heavy atom. The van der Waals surface area contributed by atoms with Crippen LogP contribution in [0.1, 0.15) is 74.1 Å². The van der Waals surface area contributed by atoms with Crippen LogP contribution in [0.3, 0.4) is 0 Å². The van der Waals surface area contributed by atoms with Crippen molar-refractivity contribution in [1.29, 1.82) is 0 Å². The Balaban J connectivity index is 3.85. The fraction of sp³-hybridized carbons (Fsp3) is 0.737. The number of rotatable bonds is 7. The number of hydrogen-bond acceptors (Lipinski definition) is 0. The third kappa shape index (κ3) is 11.3. The van der Waals surface area contributed by atoms with E-state index in [1.54, 1.807) is 0 Å². The van der Waals surface area contributed by atoms with Crippen LogP contribution in [0.4, 0.5) is 0 Å². The predicted octanol–water partition coefficient (Wildman–Crippen LogP) is 5.85. The quantitative estimate of drug-likeness (QED) is 0.310. The van der Waals surface area contributed by atoms with E-state index in [9.17, 15) is 0 Å². The summed E-state index contributed by atoms with van der Waals surface area (Å²) in [6.07, 6.45) is 7.00. The Morgan fingerprint density at radius 1 is 1.15 bits per heavy atom. The van der Waals surface area contributed by atoms with Gasteiger partial charge in [-0.2, -0.15) is 0 Å². The molecule has 1 heteroatoms. The van der Waals surface area contributed by atoms with Crippen LogP contribution < -0.4 is 0 Å². The molecule has 0 aromatic rings. The van der Waals surface area contributed by atoms with Crippen molar-refractivity contribution in [2.75, 3.05) is 0 Å². The minimum atomic E-state index is 0.256. The van der Waals surface area contributed by atoms with Gasteiger partial charge in [-0.3, -0.25) is 0 Å². The van der Waals surface area contributed by atoms with E-state index >= 15 is 0 Å². The van der Waals surface area contributed by atoms with Gasteiger partial charge < -0.3 is 0 Å². The molecule has 114 valence electrons. The van der Waals surface area contributed by atoms with Crippen LogP contribution in [0.5, 0.6) is 0 Å². The molecule has 1 unspecified atom stereocenters. The summed E-state index contributed by atoms with van der Waals surface area (Å²) in [4.78, 5) is 0. The standard InChI is InChI=1S/C19H35B/c1-16(14-18(3,4)5)15-20-13-11-9-10-12-17(2)19(6,7)8/h11,13,15-16H,2,9-10,12,14H2,1,3-8H3/b13-11-. The summed E-state index contributed by atoms with van der Waals surface area (Å²) >= 11 is 0. The van der Waals surface area contributed by atoms with E-state index in [0.29, 0.717) is 11.3 Å². The zero-order chi connectivity index (χ0) is 15.8. The van der Waals surface area contributed by atoms with Crippen LogP contribution in [-0.4, -0.2) is 12.9 Å². The summed E-state index contributed by atoms with van der Waals surface area (Å²) in [5, 5.41) is 0. The molecule has 0 nitrogen and oxygen atoms in total. The van der Waals surface area contributed by atoms with Gasteiger partial charge in [0.2, 0.25) is 0 Å². The predicted molar refractivity (Wildman–Crippen MR) is 96.6 cm³/mol. The molecule has 0 saturated carbocycles. The third-order valence-electron chi connectivity index (χ3n) is 3.53. The molecular formula is C19H35B. The van der Waals surface area contributed by atoms with Crippen LogP contribution in [0, 0.1) is 16.7 Å². The Hall–Kier alpha value is -0.585. The Bertz CT molecular complexity index is 334. The van der Waals surface area contributed by atoms with Crippen molar-refractivity contribution in [2.45, 2.75) is 74.1 Å². The summed E-state index contributed by atoms with van der Waals surface area (Å²) in [6.45, 7) is 22.3. The van der Waals surface area contributed by atoms with Gasteiger partial charge in [0.05, 0.1) is 0 Å². The molecule has 0 bridgehead atoms. The molecule has 0 N–H and O–H groups in total. The Kier molecular flexibility index (Phi) is 8.39. The van der Waals surface area contributed by atoms with Crippen LogP contribution in [0.2, 0.25) is 0 Å². The van der Waals surface area contributed by atoms with Crippen LogP contribution in [-0.2, 0) is 0 Å². The molecule has 0 fully saturated rings. The van der Waals surface area contributed by atoms with Gasteiger partial charge in [0.15, 0.2) is 0 Å². The van der Waals surface area contributed by atoms with Crippen molar-refractivity contribution in [3.63, 3.8) is 0 Å². The molecule has 20 heavy (non-hydrogen) atoms. The molecule has 1 atom stereocenters. The number of allylic oxidation sites excluding steroid dienone is 2. The molecule has 0 rings (SSSR count). The van der Waals surface area contributed by atoms with Crippen molar-refractivity contribution in [2.24, 2.45) is 16.7 Å². The van der Waals surface area contributed by atoms with Gasteiger partial charge in [-0.1, -0.05) is 0 Å². The van der Waals surface area contributed by atoms with Gasteiger partial charge in [-0.15, -0.1) is 0 Å². The van der Waals surface area contributed by atoms with Gasteiger partial charge in [0.25, 0.3) is 0 Å². The zero-order valence-corrected chi connectivity index (χ0v) is 14.9. The first-order valence-electron chi connectivity index (χ1n) is 8.04. The first kappa shape index (κ1) is 19.4. The summed E-state index contributed by atoms with van der Waals surface area (Å²) in [7, 11) is 0. The monoisotopic (exact) mass is 274 g/mol. The van der Waals surface area contributed by atoms with E-state index in [0.717, 1.165) is 12.8 Å². The molecular weight excluding hydrogens is 239 g/mol. The van der Waals surface area contributed by atoms with Gasteiger partial charge >= 0.3 is 128 Å². The van der Waals surface area contributed by atoms with E-state index in [1.807, 2.05) is 0 Å². The summed E-state index contributed by atoms with van der Waals surface area (Å²) in [5.41, 5.74) is 2.03. The van der Waals surface area contributed by atoms with Gasteiger partial charge in [-0.25, -0.2) is 0 Å². The molecule has 0 aliphatic carbocycles. The van der Waals surface area contributed by atoms with Crippen LogP contribution in [0.25, 0.3) is 0 Å². The molecule has 0 aliphatic heterocycles. The first-order valence-corrected chi connectivity index (χ1v) is 8.04. The molecule has 0 heterocycles. The van der Waals surface area contributed by atoms with Crippen LogP contribution in [0.15, 0.2) is 24.2 Å². The average Bonchev–Trinajstić information content (AvgIpc) is 2.23. The molecule has 0 aromatic carbocycles. The van der Waals surface area contributed by atoms with Gasteiger partial charge in [0, 0.05) is 0 Å². The molecule has 0 radical (unpaired) electrons. The molecule has 0 spiro atoms. The first-order chi connectivity index (χ1) is 9.02. The number of unbranched alkanes of at least 4 members (excludes halogenated alkanes) is 1. The molecule has 0 aliphatic rings. The normalized spacial score (nSPS) is 14.8. The van der Waals surface area contributed by atoms with Crippen molar-refractivity contribution >= 4 is 12.9 Å². The second-order valence-electron chi connectivity index (χ2n) is 8.30. The van der Waals surface area contributed by atoms with E-state index in [-0.39, 0.29) is 5.41 Å². The molecule has 0 aromatic heterocycles. The van der Waals surface area contributed by atoms with Crippen molar-refractivity contribution < 1.29 is 0 Å². The van der Waals surface area contributed by atoms with E-state index in [4.69, 9.17) is 0 Å². The van der Waals surface area contributed by atoms with E-state index in [1.165, 1.54) is 18.4 Å². The summed E-state index contributed by atoms with van der Waals surface area (Å²) in [6, 6.07) is 0. The molecule has 0 amide bonds. The second-order valence-corrected chi connectivity index (χ2v) is 8.30. The SMILES string of the molecule is C=C(CCC/C=C\B=CC(C)CC(C)(C)C)C(C)(C)C. The third-order valence-corrected chi connectivity index (χ3v) is 3.53. The van der Waals surface area contributed by atoms with E-state index in [2.05, 4.69) is 80.0 Å². The fourth-order valence-corrected chi connectivity index (χ4v) is 2.27. The van der Waals surface area contributed by atoms with Gasteiger partial charge in [0.1, 0.15) is 0 Å². The van der Waals surface area contributed by atoms with Crippen molar-refractivity contribution in [3.05, 3.63) is 24.2 Å². The average molecular weight is 274 g/mol. The maximum absolute atomic E-state index is 4.18. The second kappa shape index (κ2) is 8.65. The maximum atomic E-state index is 4.18. The van der Waals surface area contributed by atoms with E-state index < -0.39 is 0 Å². The molecule has 0 saturated heterocycles.